The van der Waals surface area contributed by atoms with Crippen LogP contribution in [0, 0.1) is 24.2 Å². The summed E-state index contributed by atoms with van der Waals surface area (Å²) in [6, 6.07) is 18.3. The van der Waals surface area contributed by atoms with Gasteiger partial charge in [-0.15, -0.1) is 11.5 Å². The Kier molecular flexibility index (Phi) is 38.6. The van der Waals surface area contributed by atoms with Gasteiger partial charge in [-0.05, 0) is 65.6 Å². The first kappa shape index (κ1) is 85.4. The second-order valence-corrected chi connectivity index (χ2v) is 26.6. The van der Waals surface area contributed by atoms with Crippen molar-refractivity contribution >= 4 is 23.3 Å². The first-order valence-corrected chi connectivity index (χ1v) is 36.2. The van der Waals surface area contributed by atoms with Crippen molar-refractivity contribution in [3.63, 3.8) is 0 Å². The van der Waals surface area contributed by atoms with Gasteiger partial charge in [0.25, 0.3) is 0 Å². The molecule has 6 fully saturated rings. The van der Waals surface area contributed by atoms with Crippen molar-refractivity contribution in [1.29, 1.82) is 0 Å². The molecule has 7 heterocycles. The predicted molar refractivity (Wildman–Crippen MR) is 376 cm³/mol. The van der Waals surface area contributed by atoms with Crippen molar-refractivity contribution in [3.8, 4) is 12.3 Å². The maximum Gasteiger partial charge on any atom is 0.220 e. The number of azide groups is 1. The summed E-state index contributed by atoms with van der Waals surface area (Å²) < 4.78 is 106. The van der Waals surface area contributed by atoms with Gasteiger partial charge in [0.15, 0.2) is 35.7 Å². The highest BCUT2D eigenvalue weighted by atomic mass is 16.8. The summed E-state index contributed by atoms with van der Waals surface area (Å²) in [5, 5.41) is 20.6. The van der Waals surface area contributed by atoms with Crippen LogP contribution in [0.25, 0.3) is 10.4 Å². The van der Waals surface area contributed by atoms with E-state index in [-0.39, 0.29) is 78.6 Å². The zero-order chi connectivity index (χ0) is 74.1. The third-order valence-electron chi connectivity index (χ3n) is 17.3. The monoisotopic (exact) mass is 1470 g/mol. The number of hydrogen-bond acceptors (Lipinski definition) is 27. The van der Waals surface area contributed by atoms with E-state index in [1.54, 1.807) is 28.9 Å². The van der Waals surface area contributed by atoms with Crippen molar-refractivity contribution in [2.75, 3.05) is 178 Å². The molecule has 0 saturated carbocycles. The van der Waals surface area contributed by atoms with E-state index in [4.69, 9.17) is 97.2 Å². The van der Waals surface area contributed by atoms with Gasteiger partial charge in [0.2, 0.25) is 5.91 Å². The van der Waals surface area contributed by atoms with Gasteiger partial charge in [-0.2, -0.15) is 0 Å². The third kappa shape index (κ3) is 30.1. The number of nitrogens with zero attached hydrogens (tertiary/aromatic N) is 6. The lowest BCUT2D eigenvalue weighted by Gasteiger charge is -2.41. The van der Waals surface area contributed by atoms with E-state index in [1.807, 2.05) is 70.3 Å². The molecule has 31 nitrogen and oxygen atoms in total. The Morgan fingerprint density at radius 1 is 0.577 bits per heavy atom. The van der Waals surface area contributed by atoms with Gasteiger partial charge < -0.3 is 101 Å². The number of ether oxygens (including phenoxy) is 18. The number of hydrogen-bond donors (Lipinski definition) is 3. The molecule has 6 aliphatic rings. The largest absolute Gasteiger partial charge is 0.379 e. The molecule has 6 saturated heterocycles. The lowest BCUT2D eigenvalue weighted by atomic mass is 9.86. The molecule has 3 aromatic rings. The minimum atomic E-state index is -0.667. The number of rotatable bonds is 52. The molecule has 31 heteroatoms. The van der Waals surface area contributed by atoms with Gasteiger partial charge in [-0.3, -0.25) is 19.2 Å². The Bertz CT molecular complexity index is 3040. The summed E-state index contributed by atoms with van der Waals surface area (Å²) >= 11 is 0. The number of ketones is 3. The fraction of sp³-hybridized carbons (Fsp3) is 0.726. The zero-order valence-electron chi connectivity index (χ0n) is 61.5. The Balaban J connectivity index is 0.000000244. The van der Waals surface area contributed by atoms with Crippen LogP contribution in [-0.2, 0) is 108 Å². The maximum absolute atomic E-state index is 12.1. The number of nitrogens with one attached hydrogen (secondary N) is 3. The lowest BCUT2D eigenvalue weighted by molar-refractivity contribution is -0.222. The number of aromatic nitrogens is 3. The maximum atomic E-state index is 12.1. The minimum absolute atomic E-state index is 0.0344. The third-order valence-corrected chi connectivity index (χ3v) is 17.3. The van der Waals surface area contributed by atoms with Crippen LogP contribution in [0.15, 0.2) is 72.0 Å². The van der Waals surface area contributed by atoms with E-state index in [0.29, 0.717) is 234 Å². The number of amides is 1. The summed E-state index contributed by atoms with van der Waals surface area (Å²) in [4.78, 5) is 50.2. The molecule has 2 aromatic carbocycles. The van der Waals surface area contributed by atoms with Crippen molar-refractivity contribution in [2.24, 2.45) is 17.0 Å². The van der Waals surface area contributed by atoms with Crippen LogP contribution in [0.2, 0.25) is 0 Å². The SMILES string of the molecule is C#CCOCCCC(=O)CCCNCC(=O)c1ccccc1.C[C@H]1[C@H]2OC[C@](COCCOCCOCCOCCN=[N+]=[N-])(O2)[C@@H]2OC(C)(C)O[C@H]12.C[C@H]1[C@H]2OC[C@](COCCOCCOCCOCCn3cc(COCCNC(=O)CCCNCC(=O)c4ccccc4)nn3)(O2)[C@@H]2OC(C)(C)O[C@H]12. The van der Waals surface area contributed by atoms with E-state index >= 15 is 0 Å². The Morgan fingerprint density at radius 3 is 1.55 bits per heavy atom. The molecule has 1 amide bonds. The second kappa shape index (κ2) is 47.0. The second-order valence-electron chi connectivity index (χ2n) is 26.6. The summed E-state index contributed by atoms with van der Waals surface area (Å²) in [5.74, 6) is 1.55. The summed E-state index contributed by atoms with van der Waals surface area (Å²) in [7, 11) is 0. The highest BCUT2D eigenvalue weighted by molar-refractivity contribution is 5.98. The van der Waals surface area contributed by atoms with Gasteiger partial charge in [0.1, 0.15) is 41.5 Å². The average molecular weight is 1470 g/mol. The molecule has 10 atom stereocenters. The number of fused-ring (bicyclic) bond motifs is 8. The van der Waals surface area contributed by atoms with Crippen LogP contribution in [0.4, 0.5) is 0 Å². The topological polar surface area (TPSA) is 350 Å². The number of benzene rings is 2. The fourth-order valence-electron chi connectivity index (χ4n) is 12.1. The number of carbonyl (C=O) groups excluding carboxylic acids is 4. The Labute approximate surface area is 610 Å². The van der Waals surface area contributed by atoms with Crippen molar-refractivity contribution in [2.45, 2.75) is 153 Å². The van der Waals surface area contributed by atoms with Crippen LogP contribution in [0.1, 0.15) is 106 Å². The van der Waals surface area contributed by atoms with Crippen LogP contribution in [-0.4, -0.2) is 276 Å². The minimum Gasteiger partial charge on any atom is -0.379 e. The van der Waals surface area contributed by atoms with Gasteiger partial charge in [-0.25, -0.2) is 4.68 Å². The average Bonchev–Trinajstić information content (AvgIpc) is 1.58. The van der Waals surface area contributed by atoms with E-state index in [9.17, 15) is 19.2 Å². The van der Waals surface area contributed by atoms with Crippen LogP contribution < -0.4 is 16.0 Å². The van der Waals surface area contributed by atoms with Crippen LogP contribution in [0.3, 0.4) is 0 Å². The van der Waals surface area contributed by atoms with Crippen molar-refractivity contribution < 1.29 is 104 Å². The summed E-state index contributed by atoms with van der Waals surface area (Å²) in [5.41, 5.74) is 8.91. The van der Waals surface area contributed by atoms with Gasteiger partial charge in [0.05, 0.1) is 170 Å². The molecule has 104 heavy (non-hydrogen) atoms. The van der Waals surface area contributed by atoms with Crippen molar-refractivity contribution in [3.05, 3.63) is 94.1 Å². The Morgan fingerprint density at radius 2 is 1.05 bits per heavy atom. The van der Waals surface area contributed by atoms with Gasteiger partial charge in [0, 0.05) is 66.8 Å². The quantitative estimate of drug-likeness (QED) is 0.0159. The molecule has 4 bridgehead atoms. The van der Waals surface area contributed by atoms with E-state index in [0.717, 1.165) is 6.42 Å². The number of Topliss-reactive ketones (excluding diaryl/α,β-unsaturated/α-hetero) is 3. The lowest BCUT2D eigenvalue weighted by Crippen LogP contribution is -2.59. The Hall–Kier alpha value is -5.87. The molecular weight excluding hydrogens is 1350 g/mol. The molecule has 580 valence electrons. The molecule has 0 unspecified atom stereocenters. The molecule has 6 aliphatic heterocycles. The van der Waals surface area contributed by atoms with Gasteiger partial charge >= 0.3 is 0 Å². The molecule has 0 aliphatic carbocycles. The van der Waals surface area contributed by atoms with E-state index in [1.165, 1.54) is 0 Å². The van der Waals surface area contributed by atoms with Crippen molar-refractivity contribution in [1.82, 2.24) is 30.9 Å². The van der Waals surface area contributed by atoms with E-state index in [2.05, 4.69) is 56.1 Å². The molecule has 0 radical (unpaired) electrons. The molecule has 0 spiro atoms. The molecule has 9 rings (SSSR count). The number of carbonyl (C=O) groups is 4. The smallest absolute Gasteiger partial charge is 0.220 e. The van der Waals surface area contributed by atoms with Gasteiger partial charge in [-0.1, -0.05) is 90.8 Å². The highest BCUT2D eigenvalue weighted by Crippen LogP contribution is 2.50. The predicted octanol–water partition coefficient (Wildman–Crippen LogP) is 5.39. The number of terminal acetylenes is 1. The van der Waals surface area contributed by atoms with E-state index < -0.39 is 22.8 Å². The zero-order valence-corrected chi connectivity index (χ0v) is 61.5. The summed E-state index contributed by atoms with van der Waals surface area (Å²) in [6.45, 7) is 24.3. The molecule has 1 aromatic heterocycles. The summed E-state index contributed by atoms with van der Waals surface area (Å²) in [6.07, 6.45) is 9.17. The standard InChI is InChI=1S/C36H55N5O11.C19H33N3O8.C18H23NO3/c1-27-32-33(51-35(2,3)50-32)36(26-49-34(27)52-36)25-48-21-20-46-19-18-45-17-16-44-15-13-41-23-29(39-40-41)24-47-14-12-38-31(43)10-7-11-37-22-30(42)28-8-5-4-6-9-28;1-14-15-16(29-18(2,3)28-15)19(13-27-17(14)30-19)12-26-11-10-25-9-8-24-7-6-23-5-4-21-22-20;1-2-13-22-14-7-11-17(20)10-6-12-19-15-18(21)16-8-4-3-5-9-16/h4-6,8-9,23,27,32-34,37H,7,10-22,24-26H2,1-3H3,(H,38,43);14-17H,4-13H2,1-3H3;1,3-5,8-9,19H,6-7,10-15H2/t27-,32-,33-,34+,36+;14-,15-,16-,17+,19+;/m11./s1. The fourth-order valence-corrected chi connectivity index (χ4v) is 12.1. The van der Waals surface area contributed by atoms with Crippen LogP contribution in [0.5, 0.6) is 0 Å². The van der Waals surface area contributed by atoms with Crippen LogP contribution >= 0.6 is 0 Å². The normalized spacial score (nSPS) is 24.2. The first-order valence-electron chi connectivity index (χ1n) is 36.2. The molecular formula is C73H111N9O22. The molecule has 3 N–H and O–H groups in total. The first-order chi connectivity index (χ1) is 50.5. The highest BCUT2D eigenvalue weighted by Gasteiger charge is 2.66.